The number of aromatic amines is 1. The van der Waals surface area contributed by atoms with E-state index in [9.17, 15) is 4.79 Å². The molecule has 20 heavy (non-hydrogen) atoms. The fourth-order valence-corrected chi connectivity index (χ4v) is 2.84. The van der Waals surface area contributed by atoms with Crippen LogP contribution in [-0.2, 0) is 17.7 Å². The molecule has 1 saturated heterocycles. The lowest BCUT2D eigenvalue weighted by Crippen LogP contribution is -2.43. The summed E-state index contributed by atoms with van der Waals surface area (Å²) in [4.78, 5) is 22.0. The van der Waals surface area contributed by atoms with Gasteiger partial charge in [0.25, 0.3) is 5.56 Å². The topological polar surface area (TPSA) is 70.2 Å². The molecule has 110 valence electrons. The minimum absolute atomic E-state index is 0.00299. The van der Waals surface area contributed by atoms with Gasteiger partial charge in [-0.2, -0.15) is 0 Å². The summed E-state index contributed by atoms with van der Waals surface area (Å²) in [6.07, 6.45) is 0.618. The second-order valence-electron chi connectivity index (χ2n) is 5.75. The fourth-order valence-electron chi connectivity index (χ4n) is 2.84. The number of aromatic nitrogens is 2. The van der Waals surface area contributed by atoms with E-state index in [1.54, 1.807) is 0 Å². The molecule has 0 radical (unpaired) electrons. The lowest BCUT2D eigenvalue weighted by Gasteiger charge is -2.35. The van der Waals surface area contributed by atoms with E-state index in [2.05, 4.69) is 34.0 Å². The van der Waals surface area contributed by atoms with Crippen molar-refractivity contribution in [3.63, 3.8) is 0 Å². The van der Waals surface area contributed by atoms with Gasteiger partial charge in [-0.05, 0) is 26.8 Å². The molecule has 1 atom stereocenters. The number of hydrogen-bond donors (Lipinski definition) is 2. The van der Waals surface area contributed by atoms with Gasteiger partial charge in [0.05, 0.1) is 12.3 Å². The summed E-state index contributed by atoms with van der Waals surface area (Å²) in [6.45, 7) is 8.27. The molecule has 1 unspecified atom stereocenters. The summed E-state index contributed by atoms with van der Waals surface area (Å²) in [5.41, 5.74) is 1.70. The SMILES string of the molecule is CC(C)N1CCOC(c2nc3c(c(=O)[nH]2)CCNC3)C1. The molecule has 6 heteroatoms. The molecular weight excluding hydrogens is 256 g/mol. The molecule has 0 spiro atoms. The van der Waals surface area contributed by atoms with Crippen LogP contribution in [0, 0.1) is 0 Å². The van der Waals surface area contributed by atoms with E-state index in [0.717, 1.165) is 37.3 Å². The Morgan fingerprint density at radius 1 is 1.45 bits per heavy atom. The number of morpholine rings is 1. The van der Waals surface area contributed by atoms with Crippen LogP contribution < -0.4 is 10.9 Å². The van der Waals surface area contributed by atoms with Crippen LogP contribution in [0.1, 0.15) is 37.0 Å². The molecule has 0 aliphatic carbocycles. The minimum atomic E-state index is -0.133. The van der Waals surface area contributed by atoms with E-state index in [0.29, 0.717) is 25.0 Å². The van der Waals surface area contributed by atoms with Crippen LogP contribution in [0.3, 0.4) is 0 Å². The van der Waals surface area contributed by atoms with Gasteiger partial charge in [-0.1, -0.05) is 0 Å². The zero-order valence-electron chi connectivity index (χ0n) is 12.1. The Kier molecular flexibility index (Phi) is 3.87. The molecule has 6 nitrogen and oxygen atoms in total. The van der Waals surface area contributed by atoms with Crippen molar-refractivity contribution >= 4 is 0 Å². The van der Waals surface area contributed by atoms with E-state index in [1.165, 1.54) is 0 Å². The Balaban J connectivity index is 1.86. The van der Waals surface area contributed by atoms with Gasteiger partial charge in [0.2, 0.25) is 0 Å². The van der Waals surface area contributed by atoms with Crippen molar-refractivity contribution in [2.75, 3.05) is 26.2 Å². The zero-order valence-corrected chi connectivity index (χ0v) is 12.1. The van der Waals surface area contributed by atoms with Crippen molar-refractivity contribution in [1.82, 2.24) is 20.2 Å². The van der Waals surface area contributed by atoms with Crippen LogP contribution in [0.5, 0.6) is 0 Å². The average Bonchev–Trinajstić information content (AvgIpc) is 2.47. The lowest BCUT2D eigenvalue weighted by atomic mass is 10.1. The third kappa shape index (κ3) is 2.63. The van der Waals surface area contributed by atoms with Crippen molar-refractivity contribution in [3.05, 3.63) is 27.4 Å². The highest BCUT2D eigenvalue weighted by atomic mass is 16.5. The van der Waals surface area contributed by atoms with Crippen LogP contribution in [0.2, 0.25) is 0 Å². The molecular formula is C14H22N4O2. The Bertz CT molecular complexity index is 540. The molecule has 1 fully saturated rings. The number of nitrogens with one attached hydrogen (secondary N) is 2. The third-order valence-corrected chi connectivity index (χ3v) is 4.10. The first-order valence-corrected chi connectivity index (χ1v) is 7.33. The summed E-state index contributed by atoms with van der Waals surface area (Å²) in [5, 5.41) is 3.26. The quantitative estimate of drug-likeness (QED) is 0.808. The lowest BCUT2D eigenvalue weighted by molar-refractivity contribution is -0.0445. The van der Waals surface area contributed by atoms with E-state index in [1.807, 2.05) is 0 Å². The number of hydrogen-bond acceptors (Lipinski definition) is 5. The molecule has 0 bridgehead atoms. The standard InChI is InChI=1S/C14H22N4O2/c1-9(2)18-5-6-20-12(8-18)13-16-11-7-15-4-3-10(11)14(19)17-13/h9,12,15H,3-8H2,1-2H3,(H,16,17,19). The van der Waals surface area contributed by atoms with Gasteiger partial charge in [0, 0.05) is 31.2 Å². The van der Waals surface area contributed by atoms with Crippen LogP contribution in [-0.4, -0.2) is 47.2 Å². The second-order valence-corrected chi connectivity index (χ2v) is 5.75. The van der Waals surface area contributed by atoms with E-state index in [4.69, 9.17) is 4.74 Å². The van der Waals surface area contributed by atoms with E-state index in [-0.39, 0.29) is 11.7 Å². The summed E-state index contributed by atoms with van der Waals surface area (Å²) in [7, 11) is 0. The van der Waals surface area contributed by atoms with Crippen molar-refractivity contribution in [2.45, 2.75) is 39.0 Å². The highest BCUT2D eigenvalue weighted by molar-refractivity contribution is 5.21. The third-order valence-electron chi connectivity index (χ3n) is 4.10. The molecule has 0 amide bonds. The molecule has 0 aromatic carbocycles. The highest BCUT2D eigenvalue weighted by Crippen LogP contribution is 2.21. The summed E-state index contributed by atoms with van der Waals surface area (Å²) in [5.74, 6) is 0.669. The smallest absolute Gasteiger partial charge is 0.254 e. The van der Waals surface area contributed by atoms with Crippen molar-refractivity contribution in [2.24, 2.45) is 0 Å². The minimum Gasteiger partial charge on any atom is -0.368 e. The van der Waals surface area contributed by atoms with Gasteiger partial charge >= 0.3 is 0 Å². The summed E-state index contributed by atoms with van der Waals surface area (Å²) < 4.78 is 5.80. The van der Waals surface area contributed by atoms with Crippen molar-refractivity contribution in [1.29, 1.82) is 0 Å². The Labute approximate surface area is 118 Å². The first kappa shape index (κ1) is 13.7. The van der Waals surface area contributed by atoms with Crippen LogP contribution >= 0.6 is 0 Å². The molecule has 1 aromatic heterocycles. The molecule has 2 aliphatic rings. The summed E-state index contributed by atoms with van der Waals surface area (Å²) >= 11 is 0. The maximum absolute atomic E-state index is 12.2. The number of H-pyrrole nitrogens is 1. The van der Waals surface area contributed by atoms with Gasteiger partial charge in [-0.3, -0.25) is 9.69 Å². The molecule has 2 N–H and O–H groups in total. The predicted molar refractivity (Wildman–Crippen MR) is 75.7 cm³/mol. The monoisotopic (exact) mass is 278 g/mol. The van der Waals surface area contributed by atoms with Crippen LogP contribution in [0.4, 0.5) is 0 Å². The maximum atomic E-state index is 12.2. The van der Waals surface area contributed by atoms with Gasteiger partial charge in [-0.25, -0.2) is 4.98 Å². The Hall–Kier alpha value is -1.24. The highest BCUT2D eigenvalue weighted by Gasteiger charge is 2.26. The predicted octanol–water partition coefficient (Wildman–Crippen LogP) is 0.197. The second kappa shape index (κ2) is 5.63. The van der Waals surface area contributed by atoms with E-state index >= 15 is 0 Å². The van der Waals surface area contributed by atoms with Gasteiger partial charge < -0.3 is 15.0 Å². The maximum Gasteiger partial charge on any atom is 0.254 e. The van der Waals surface area contributed by atoms with Crippen LogP contribution in [0.25, 0.3) is 0 Å². The Morgan fingerprint density at radius 3 is 3.10 bits per heavy atom. The number of ether oxygens (including phenoxy) is 1. The van der Waals surface area contributed by atoms with E-state index < -0.39 is 0 Å². The first-order chi connectivity index (χ1) is 9.65. The fraction of sp³-hybridized carbons (Fsp3) is 0.714. The Morgan fingerprint density at radius 2 is 2.30 bits per heavy atom. The van der Waals surface area contributed by atoms with Crippen molar-refractivity contribution in [3.8, 4) is 0 Å². The molecule has 1 aromatic rings. The molecule has 2 aliphatic heterocycles. The molecule has 3 rings (SSSR count). The zero-order chi connectivity index (χ0) is 14.1. The normalized spacial score (nSPS) is 23.9. The van der Waals surface area contributed by atoms with Crippen LogP contribution in [0.15, 0.2) is 4.79 Å². The van der Waals surface area contributed by atoms with Gasteiger partial charge in [-0.15, -0.1) is 0 Å². The first-order valence-electron chi connectivity index (χ1n) is 7.33. The largest absolute Gasteiger partial charge is 0.368 e. The molecule has 3 heterocycles. The number of rotatable bonds is 2. The number of nitrogens with zero attached hydrogens (tertiary/aromatic N) is 2. The van der Waals surface area contributed by atoms with Crippen molar-refractivity contribution < 1.29 is 4.74 Å². The number of fused-ring (bicyclic) bond motifs is 1. The summed E-state index contributed by atoms with van der Waals surface area (Å²) in [6, 6.07) is 0.479. The molecule has 0 saturated carbocycles. The van der Waals surface area contributed by atoms with Gasteiger partial charge in [0.1, 0.15) is 11.9 Å². The average molecular weight is 278 g/mol. The van der Waals surface area contributed by atoms with Gasteiger partial charge in [0.15, 0.2) is 0 Å².